The number of aromatic carboxylic acids is 1. The molecule has 33 heavy (non-hydrogen) atoms. The van der Waals surface area contributed by atoms with E-state index in [1.807, 2.05) is 24.3 Å². The van der Waals surface area contributed by atoms with E-state index in [1.165, 1.54) is 32.2 Å². The molecule has 0 aliphatic heterocycles. The van der Waals surface area contributed by atoms with Crippen LogP contribution in [0.5, 0.6) is 0 Å². The van der Waals surface area contributed by atoms with E-state index in [4.69, 9.17) is 22.4 Å². The van der Waals surface area contributed by atoms with Gasteiger partial charge < -0.3 is 16.3 Å². The van der Waals surface area contributed by atoms with Gasteiger partial charge in [-0.15, -0.1) is 0 Å². The number of carboxylic acid groups (broad SMARTS) is 1. The van der Waals surface area contributed by atoms with Crippen molar-refractivity contribution in [3.05, 3.63) is 81.1 Å². The van der Waals surface area contributed by atoms with Gasteiger partial charge in [0, 0.05) is 18.2 Å². The third-order valence-electron chi connectivity index (χ3n) is 4.94. The first-order valence-corrected chi connectivity index (χ1v) is 10.4. The summed E-state index contributed by atoms with van der Waals surface area (Å²) in [5, 5.41) is 8.95. The van der Waals surface area contributed by atoms with Crippen LogP contribution < -0.4 is 16.6 Å². The minimum atomic E-state index is -1.20. The largest absolute Gasteiger partial charge is 0.478 e. The van der Waals surface area contributed by atoms with Crippen LogP contribution in [0.15, 0.2) is 58.9 Å². The van der Waals surface area contributed by atoms with Crippen molar-refractivity contribution in [3.8, 4) is 0 Å². The molecular weight excluding hydrogens is 444 g/mol. The Labute approximate surface area is 197 Å². The van der Waals surface area contributed by atoms with Crippen molar-refractivity contribution in [2.45, 2.75) is 33.1 Å². The SMILES string of the molecule is CN=C(C(=O)C(N)=C(C)NNC(=O)c1ccc(C(=O)O)c(Cl)c1)c1ccc(C(C)(C)C)cc1. The smallest absolute Gasteiger partial charge is 0.337 e. The number of hydrazine groups is 1. The molecule has 0 aromatic heterocycles. The number of hydrogen-bond acceptors (Lipinski definition) is 6. The van der Waals surface area contributed by atoms with Crippen LogP contribution in [-0.4, -0.2) is 35.5 Å². The minimum absolute atomic E-state index is 0.0259. The summed E-state index contributed by atoms with van der Waals surface area (Å²) in [6.45, 7) is 7.82. The molecular formula is C24H27ClN4O4. The van der Waals surface area contributed by atoms with E-state index in [2.05, 4.69) is 36.6 Å². The van der Waals surface area contributed by atoms with Crippen molar-refractivity contribution >= 4 is 35.0 Å². The molecule has 0 saturated carbocycles. The summed E-state index contributed by atoms with van der Waals surface area (Å²) in [5.74, 6) is -2.28. The Morgan fingerprint density at radius 3 is 2.06 bits per heavy atom. The second kappa shape index (κ2) is 10.3. The number of ketones is 1. The first kappa shape index (κ1) is 25.6. The standard InChI is InChI=1S/C24H27ClN4O4/c1-13(28-29-22(31)15-8-11-17(23(32)33)18(25)12-15)19(26)21(30)20(27-5)14-6-9-16(10-7-14)24(2,3)4/h6-12,28H,26H2,1-5H3,(H,29,31)(H,32,33). The number of rotatable bonds is 7. The second-order valence-corrected chi connectivity index (χ2v) is 8.75. The van der Waals surface area contributed by atoms with Crippen LogP contribution in [-0.2, 0) is 10.2 Å². The molecule has 0 radical (unpaired) electrons. The predicted octanol–water partition coefficient (Wildman–Crippen LogP) is 3.45. The Kier molecular flexibility index (Phi) is 8.00. The van der Waals surface area contributed by atoms with E-state index < -0.39 is 17.7 Å². The topological polar surface area (TPSA) is 134 Å². The zero-order chi connectivity index (χ0) is 24.9. The van der Waals surface area contributed by atoms with Gasteiger partial charge in [-0.25, -0.2) is 4.79 Å². The van der Waals surface area contributed by atoms with E-state index in [-0.39, 0.29) is 38.7 Å². The lowest BCUT2D eigenvalue weighted by Crippen LogP contribution is -2.38. The predicted molar refractivity (Wildman–Crippen MR) is 129 cm³/mol. The number of Topliss-reactive ketones (excluding diaryl/α,β-unsaturated/α-hetero) is 1. The summed E-state index contributed by atoms with van der Waals surface area (Å²) >= 11 is 5.90. The number of nitrogens with two attached hydrogens (primary N) is 1. The molecule has 0 aliphatic rings. The third-order valence-corrected chi connectivity index (χ3v) is 5.25. The van der Waals surface area contributed by atoms with Gasteiger partial charge in [0.05, 0.1) is 16.3 Å². The number of hydrogen-bond donors (Lipinski definition) is 4. The molecule has 0 saturated heterocycles. The lowest BCUT2D eigenvalue weighted by atomic mass is 9.86. The molecule has 174 valence electrons. The van der Waals surface area contributed by atoms with Gasteiger partial charge in [0.1, 0.15) is 11.4 Å². The first-order valence-electron chi connectivity index (χ1n) is 10.0. The minimum Gasteiger partial charge on any atom is -0.478 e. The van der Waals surface area contributed by atoms with Gasteiger partial charge in [0.25, 0.3) is 5.91 Å². The number of carbonyl (C=O) groups is 3. The molecule has 0 aliphatic carbocycles. The summed E-state index contributed by atoms with van der Waals surface area (Å²) in [6, 6.07) is 11.3. The average Bonchev–Trinajstić information content (AvgIpc) is 2.76. The molecule has 2 aromatic carbocycles. The molecule has 9 heteroatoms. The molecule has 0 atom stereocenters. The van der Waals surface area contributed by atoms with Gasteiger partial charge in [-0.1, -0.05) is 56.6 Å². The lowest BCUT2D eigenvalue weighted by molar-refractivity contribution is -0.109. The molecule has 0 fully saturated rings. The fourth-order valence-corrected chi connectivity index (χ4v) is 3.17. The highest BCUT2D eigenvalue weighted by atomic mass is 35.5. The van der Waals surface area contributed by atoms with Crippen LogP contribution in [0.25, 0.3) is 0 Å². The summed E-state index contributed by atoms with van der Waals surface area (Å²) < 4.78 is 0. The molecule has 5 N–H and O–H groups in total. The molecule has 2 rings (SSSR count). The number of nitrogens with zero attached hydrogens (tertiary/aromatic N) is 1. The summed E-state index contributed by atoms with van der Waals surface area (Å²) in [6.07, 6.45) is 0. The number of benzene rings is 2. The normalized spacial score (nSPS) is 12.6. The maximum absolute atomic E-state index is 12.9. The highest BCUT2D eigenvalue weighted by Crippen LogP contribution is 2.22. The van der Waals surface area contributed by atoms with Crippen LogP contribution >= 0.6 is 11.6 Å². The Morgan fingerprint density at radius 2 is 1.58 bits per heavy atom. The Bertz CT molecular complexity index is 1150. The summed E-state index contributed by atoms with van der Waals surface area (Å²) in [7, 11) is 1.51. The average molecular weight is 471 g/mol. The fourth-order valence-electron chi connectivity index (χ4n) is 2.91. The summed E-state index contributed by atoms with van der Waals surface area (Å²) in [4.78, 5) is 40.4. The first-order chi connectivity index (χ1) is 15.4. The number of allylic oxidation sites excluding steroid dienone is 2. The molecule has 0 bridgehead atoms. The van der Waals surface area contributed by atoms with Crippen molar-refractivity contribution in [3.63, 3.8) is 0 Å². The van der Waals surface area contributed by atoms with Crippen molar-refractivity contribution in [1.82, 2.24) is 10.9 Å². The zero-order valence-electron chi connectivity index (χ0n) is 19.1. The number of carboxylic acids is 1. The van der Waals surface area contributed by atoms with E-state index in [1.54, 1.807) is 0 Å². The quantitative estimate of drug-likeness (QED) is 0.278. The van der Waals surface area contributed by atoms with Crippen molar-refractivity contribution < 1.29 is 19.5 Å². The Morgan fingerprint density at radius 1 is 1.00 bits per heavy atom. The van der Waals surface area contributed by atoms with Crippen LogP contribution in [0.4, 0.5) is 0 Å². The van der Waals surface area contributed by atoms with Crippen LogP contribution in [0.1, 0.15) is 59.5 Å². The highest BCUT2D eigenvalue weighted by Gasteiger charge is 2.20. The fraction of sp³-hybridized carbons (Fsp3) is 0.250. The zero-order valence-corrected chi connectivity index (χ0v) is 19.9. The monoisotopic (exact) mass is 470 g/mol. The number of halogens is 1. The van der Waals surface area contributed by atoms with E-state index in [0.29, 0.717) is 5.56 Å². The molecule has 0 unspecified atom stereocenters. The van der Waals surface area contributed by atoms with Gasteiger partial charge in [-0.05, 0) is 36.1 Å². The van der Waals surface area contributed by atoms with Crippen LogP contribution in [0, 0.1) is 0 Å². The van der Waals surface area contributed by atoms with E-state index >= 15 is 0 Å². The maximum Gasteiger partial charge on any atom is 0.337 e. The second-order valence-electron chi connectivity index (χ2n) is 8.35. The van der Waals surface area contributed by atoms with Crippen molar-refractivity contribution in [2.75, 3.05) is 7.05 Å². The van der Waals surface area contributed by atoms with E-state index in [9.17, 15) is 14.4 Å². The van der Waals surface area contributed by atoms with Gasteiger partial charge in [-0.2, -0.15) is 0 Å². The van der Waals surface area contributed by atoms with Gasteiger partial charge in [0.15, 0.2) is 0 Å². The van der Waals surface area contributed by atoms with Crippen molar-refractivity contribution in [1.29, 1.82) is 0 Å². The van der Waals surface area contributed by atoms with Crippen LogP contribution in [0.2, 0.25) is 5.02 Å². The number of aliphatic imine (C=N–C) groups is 1. The van der Waals surface area contributed by atoms with Gasteiger partial charge in [0.2, 0.25) is 5.78 Å². The molecule has 0 spiro atoms. The lowest BCUT2D eigenvalue weighted by Gasteiger charge is -2.19. The third kappa shape index (κ3) is 6.20. The highest BCUT2D eigenvalue weighted by molar-refractivity contribution is 6.51. The Hall–Kier alpha value is -3.65. The number of carbonyl (C=O) groups excluding carboxylic acids is 2. The summed E-state index contributed by atoms with van der Waals surface area (Å²) in [5.41, 5.74) is 13.1. The van der Waals surface area contributed by atoms with Gasteiger partial charge in [-0.3, -0.25) is 20.0 Å². The van der Waals surface area contributed by atoms with Crippen LogP contribution in [0.3, 0.4) is 0 Å². The Balaban J connectivity index is 2.15. The van der Waals surface area contributed by atoms with Crippen molar-refractivity contribution in [2.24, 2.45) is 10.7 Å². The molecule has 0 heterocycles. The number of amides is 1. The number of nitrogens with one attached hydrogen (secondary N) is 2. The van der Waals surface area contributed by atoms with Gasteiger partial charge >= 0.3 is 5.97 Å². The molecule has 1 amide bonds. The maximum atomic E-state index is 12.9. The molecule has 8 nitrogen and oxygen atoms in total. The van der Waals surface area contributed by atoms with E-state index in [0.717, 1.165) is 5.56 Å². The molecule has 2 aromatic rings.